The van der Waals surface area contributed by atoms with Crippen molar-refractivity contribution in [1.82, 2.24) is 0 Å². The zero-order valence-electron chi connectivity index (χ0n) is 17.1. The van der Waals surface area contributed by atoms with E-state index in [1.807, 2.05) is 30.3 Å². The fourth-order valence-corrected chi connectivity index (χ4v) is 5.50. The van der Waals surface area contributed by atoms with Crippen LogP contribution in [-0.4, -0.2) is 31.3 Å². The van der Waals surface area contributed by atoms with Gasteiger partial charge in [0.05, 0.1) is 7.11 Å². The lowest BCUT2D eigenvalue weighted by Gasteiger charge is -2.50. The van der Waals surface area contributed by atoms with Crippen molar-refractivity contribution in [2.75, 3.05) is 7.11 Å². The van der Waals surface area contributed by atoms with Crippen LogP contribution in [0.4, 0.5) is 0 Å². The first-order valence-electron chi connectivity index (χ1n) is 9.91. The van der Waals surface area contributed by atoms with Gasteiger partial charge >= 0.3 is 11.9 Å². The van der Waals surface area contributed by atoms with E-state index in [-0.39, 0.29) is 41.4 Å². The number of hydrogen-bond acceptors (Lipinski definition) is 5. The third-order valence-electron chi connectivity index (χ3n) is 6.64. The van der Waals surface area contributed by atoms with Crippen LogP contribution < -0.4 is 4.74 Å². The van der Waals surface area contributed by atoms with Gasteiger partial charge in [-0.25, -0.2) is 0 Å². The van der Waals surface area contributed by atoms with Crippen molar-refractivity contribution in [3.05, 3.63) is 42.5 Å². The minimum Gasteiger partial charge on any atom is -0.497 e. The number of carbonyl (C=O) groups is 2. The second kappa shape index (κ2) is 7.98. The molecule has 152 valence electrons. The Morgan fingerprint density at radius 3 is 2.29 bits per heavy atom. The van der Waals surface area contributed by atoms with E-state index in [1.54, 1.807) is 7.11 Å². The Morgan fingerprint density at radius 1 is 1.11 bits per heavy atom. The molecule has 0 N–H and O–H groups in total. The molecule has 28 heavy (non-hydrogen) atoms. The largest absolute Gasteiger partial charge is 0.497 e. The summed E-state index contributed by atoms with van der Waals surface area (Å²) in [5.74, 6) is 0.685. The lowest BCUT2D eigenvalue weighted by atomic mass is 9.57. The predicted octanol–water partition coefficient (Wildman–Crippen LogP) is 4.26. The molecule has 0 aromatic heterocycles. The van der Waals surface area contributed by atoms with E-state index in [0.717, 1.165) is 24.2 Å². The summed E-state index contributed by atoms with van der Waals surface area (Å²) in [4.78, 5) is 23.5. The zero-order chi connectivity index (χ0) is 20.5. The monoisotopic (exact) mass is 386 g/mol. The molecule has 2 fully saturated rings. The number of allylic oxidation sites excluding steroid dienone is 1. The maximum atomic E-state index is 11.9. The van der Waals surface area contributed by atoms with Crippen LogP contribution in [0.15, 0.2) is 36.9 Å². The van der Waals surface area contributed by atoms with E-state index in [0.29, 0.717) is 12.3 Å². The van der Waals surface area contributed by atoms with Crippen molar-refractivity contribution in [3.63, 3.8) is 0 Å². The maximum absolute atomic E-state index is 11.9. The highest BCUT2D eigenvalue weighted by Gasteiger charge is 2.58. The number of rotatable bonds is 5. The van der Waals surface area contributed by atoms with Crippen LogP contribution in [0.2, 0.25) is 0 Å². The van der Waals surface area contributed by atoms with Crippen LogP contribution in [0.5, 0.6) is 5.75 Å². The topological polar surface area (TPSA) is 61.8 Å². The first-order valence-corrected chi connectivity index (χ1v) is 9.91. The number of esters is 2. The van der Waals surface area contributed by atoms with Crippen molar-refractivity contribution in [3.8, 4) is 5.75 Å². The third kappa shape index (κ3) is 3.67. The minimum absolute atomic E-state index is 0.0152. The highest BCUT2D eigenvalue weighted by Crippen LogP contribution is 2.60. The van der Waals surface area contributed by atoms with Crippen LogP contribution in [0.25, 0.3) is 0 Å². The Balaban J connectivity index is 2.00. The second-order valence-corrected chi connectivity index (χ2v) is 8.25. The Kier molecular flexibility index (Phi) is 5.82. The van der Waals surface area contributed by atoms with Crippen molar-refractivity contribution in [2.45, 2.75) is 58.2 Å². The van der Waals surface area contributed by atoms with Gasteiger partial charge in [0.15, 0.2) is 0 Å². The molecule has 6 atom stereocenters. The Labute approximate surface area is 167 Å². The molecular formula is C23H30O5. The average Bonchev–Trinajstić information content (AvgIpc) is 2.95. The number of ether oxygens (including phenoxy) is 3. The van der Waals surface area contributed by atoms with E-state index < -0.39 is 0 Å². The van der Waals surface area contributed by atoms with E-state index in [4.69, 9.17) is 14.2 Å². The van der Waals surface area contributed by atoms with E-state index in [2.05, 4.69) is 13.5 Å². The molecule has 2 aliphatic rings. The number of carbonyl (C=O) groups excluding carboxylic acids is 2. The number of benzene rings is 1. The van der Waals surface area contributed by atoms with Gasteiger partial charge in [0.25, 0.3) is 0 Å². The average molecular weight is 386 g/mol. The van der Waals surface area contributed by atoms with Gasteiger partial charge in [-0.05, 0) is 48.8 Å². The Bertz CT molecular complexity index is 740. The van der Waals surface area contributed by atoms with Crippen LogP contribution in [0, 0.1) is 17.3 Å². The Morgan fingerprint density at radius 2 is 1.75 bits per heavy atom. The summed E-state index contributed by atoms with van der Waals surface area (Å²) < 4.78 is 16.8. The molecule has 0 bridgehead atoms. The molecule has 0 radical (unpaired) electrons. The summed E-state index contributed by atoms with van der Waals surface area (Å²) in [6, 6.07) is 7.95. The van der Waals surface area contributed by atoms with Crippen LogP contribution in [0.1, 0.15) is 51.5 Å². The summed E-state index contributed by atoms with van der Waals surface area (Å²) in [5.41, 5.74) is 0.864. The standard InChI is InChI=1S/C23H30O5/c1-6-18-19-11-12-21(28-15(3)25)23(19,4)13-20(27-14(2)24)22(18)16-7-9-17(26-5)10-8-16/h6-10,18-22H,1,11-13H2,2-5H3/t18-,19-,20-,21-,22+,23-/m0/s1. The number of fused-ring (bicyclic) bond motifs is 1. The first-order chi connectivity index (χ1) is 13.3. The second-order valence-electron chi connectivity index (χ2n) is 8.25. The van der Waals surface area contributed by atoms with Crippen molar-refractivity contribution in [1.29, 1.82) is 0 Å². The van der Waals surface area contributed by atoms with Crippen LogP contribution >= 0.6 is 0 Å². The number of methoxy groups -OCH3 is 1. The van der Waals surface area contributed by atoms with Crippen LogP contribution in [-0.2, 0) is 19.1 Å². The molecule has 1 aromatic carbocycles. The van der Waals surface area contributed by atoms with E-state index >= 15 is 0 Å². The number of hydrogen-bond donors (Lipinski definition) is 0. The predicted molar refractivity (Wildman–Crippen MR) is 106 cm³/mol. The van der Waals surface area contributed by atoms with Gasteiger partial charge < -0.3 is 14.2 Å². The molecule has 0 unspecified atom stereocenters. The van der Waals surface area contributed by atoms with Gasteiger partial charge in [-0.3, -0.25) is 9.59 Å². The fraction of sp³-hybridized carbons (Fsp3) is 0.565. The molecule has 0 amide bonds. The van der Waals surface area contributed by atoms with Gasteiger partial charge in [0.2, 0.25) is 0 Å². The van der Waals surface area contributed by atoms with E-state index in [1.165, 1.54) is 13.8 Å². The molecule has 0 spiro atoms. The lowest BCUT2D eigenvalue weighted by Crippen LogP contribution is -2.50. The summed E-state index contributed by atoms with van der Waals surface area (Å²) in [7, 11) is 1.64. The molecular weight excluding hydrogens is 356 g/mol. The minimum atomic E-state index is -0.300. The van der Waals surface area contributed by atoms with Crippen molar-refractivity contribution >= 4 is 11.9 Å². The molecule has 5 heteroatoms. The molecule has 2 aliphatic carbocycles. The lowest BCUT2D eigenvalue weighted by molar-refractivity contribution is -0.166. The SMILES string of the molecule is C=C[C@@H]1[C@@H](c2ccc(OC)cc2)[C@@H](OC(C)=O)C[C@]2(C)[C@@H](OC(C)=O)CC[C@@H]12. The molecule has 5 nitrogen and oxygen atoms in total. The normalized spacial score (nSPS) is 34.2. The first kappa shape index (κ1) is 20.4. The zero-order valence-corrected chi connectivity index (χ0v) is 17.1. The molecule has 0 heterocycles. The van der Waals surface area contributed by atoms with Gasteiger partial charge in [0, 0.05) is 25.2 Å². The highest BCUT2D eigenvalue weighted by molar-refractivity contribution is 5.67. The van der Waals surface area contributed by atoms with Crippen LogP contribution in [0.3, 0.4) is 0 Å². The fourth-order valence-electron chi connectivity index (χ4n) is 5.50. The molecule has 1 aromatic rings. The maximum Gasteiger partial charge on any atom is 0.302 e. The van der Waals surface area contributed by atoms with Gasteiger partial charge in [0.1, 0.15) is 18.0 Å². The molecule has 2 saturated carbocycles. The van der Waals surface area contributed by atoms with Crippen molar-refractivity contribution in [2.24, 2.45) is 17.3 Å². The highest BCUT2D eigenvalue weighted by atomic mass is 16.6. The van der Waals surface area contributed by atoms with Gasteiger partial charge in [-0.2, -0.15) is 0 Å². The summed E-state index contributed by atoms with van der Waals surface area (Å²) >= 11 is 0. The van der Waals surface area contributed by atoms with Crippen molar-refractivity contribution < 1.29 is 23.8 Å². The molecule has 3 rings (SSSR count). The molecule has 0 saturated heterocycles. The van der Waals surface area contributed by atoms with Gasteiger partial charge in [-0.1, -0.05) is 25.1 Å². The smallest absolute Gasteiger partial charge is 0.302 e. The van der Waals surface area contributed by atoms with E-state index in [9.17, 15) is 9.59 Å². The summed E-state index contributed by atoms with van der Waals surface area (Å²) in [6.45, 7) is 9.17. The van der Waals surface area contributed by atoms with Gasteiger partial charge in [-0.15, -0.1) is 6.58 Å². The third-order valence-corrected chi connectivity index (χ3v) is 6.64. The quantitative estimate of drug-likeness (QED) is 0.559. The molecule has 0 aliphatic heterocycles. The summed E-state index contributed by atoms with van der Waals surface area (Å²) in [5, 5.41) is 0. The Hall–Kier alpha value is -2.30. The summed E-state index contributed by atoms with van der Waals surface area (Å²) in [6.07, 6.45) is 3.98.